The Morgan fingerprint density at radius 2 is 1.87 bits per heavy atom. The Bertz CT molecular complexity index is 974. The summed E-state index contributed by atoms with van der Waals surface area (Å²) in [5, 5.41) is 12.9. The van der Waals surface area contributed by atoms with Gasteiger partial charge in [-0.25, -0.2) is 8.42 Å². The molecule has 6 heteroatoms. The molecule has 5 nitrogen and oxygen atoms in total. The minimum absolute atomic E-state index is 0.0553. The van der Waals surface area contributed by atoms with Gasteiger partial charge in [0, 0.05) is 0 Å². The van der Waals surface area contributed by atoms with Gasteiger partial charge in [-0.15, -0.1) is 0 Å². The molecule has 0 bridgehead atoms. The van der Waals surface area contributed by atoms with Gasteiger partial charge in [-0.05, 0) is 56.4 Å². The van der Waals surface area contributed by atoms with Crippen molar-refractivity contribution in [2.75, 3.05) is 5.75 Å². The van der Waals surface area contributed by atoms with Crippen molar-refractivity contribution in [3.63, 3.8) is 0 Å². The van der Waals surface area contributed by atoms with Crippen molar-refractivity contribution >= 4 is 9.84 Å². The Balaban J connectivity index is 2.17. The van der Waals surface area contributed by atoms with E-state index in [1.165, 1.54) is 5.06 Å². The number of fused-ring (bicyclic) bond motifs is 1. The van der Waals surface area contributed by atoms with E-state index in [2.05, 4.69) is 6.92 Å². The lowest BCUT2D eigenvalue weighted by Gasteiger charge is -2.42. The van der Waals surface area contributed by atoms with E-state index in [1.54, 1.807) is 6.07 Å². The fourth-order valence-electron chi connectivity index (χ4n) is 4.53. The molecule has 0 saturated carbocycles. The fraction of sp³-hybridized carbons (Fsp3) is 0.520. The minimum atomic E-state index is -3.63. The molecule has 2 aromatic rings. The van der Waals surface area contributed by atoms with E-state index in [0.29, 0.717) is 30.6 Å². The molecule has 0 spiro atoms. The number of unbranched alkanes of at least 4 members (excludes halogenated alkanes) is 1. The van der Waals surface area contributed by atoms with E-state index in [1.807, 2.05) is 63.2 Å². The van der Waals surface area contributed by atoms with Gasteiger partial charge < -0.3 is 9.94 Å². The van der Waals surface area contributed by atoms with Crippen LogP contribution in [0.3, 0.4) is 0 Å². The monoisotopic (exact) mass is 445 g/mol. The number of hydroxylamine groups is 2. The molecule has 1 heterocycles. The van der Waals surface area contributed by atoms with Gasteiger partial charge in [0.2, 0.25) is 0 Å². The number of benzene rings is 2. The predicted octanol–water partition coefficient (Wildman–Crippen LogP) is 5.58. The van der Waals surface area contributed by atoms with Crippen molar-refractivity contribution in [1.82, 2.24) is 5.06 Å². The first-order valence-electron chi connectivity index (χ1n) is 11.3. The van der Waals surface area contributed by atoms with Crippen LogP contribution < -0.4 is 4.74 Å². The van der Waals surface area contributed by atoms with Crippen LogP contribution in [0.4, 0.5) is 0 Å². The van der Waals surface area contributed by atoms with Crippen LogP contribution in [0.2, 0.25) is 0 Å². The van der Waals surface area contributed by atoms with E-state index in [9.17, 15) is 13.6 Å². The molecule has 0 amide bonds. The molecule has 1 aliphatic rings. The van der Waals surface area contributed by atoms with Gasteiger partial charge in [-0.3, -0.25) is 0 Å². The summed E-state index contributed by atoms with van der Waals surface area (Å²) in [6.07, 6.45) is 3.45. The highest BCUT2D eigenvalue weighted by molar-refractivity contribution is 7.91. The number of nitrogens with zero attached hydrogens (tertiary/aromatic N) is 1. The van der Waals surface area contributed by atoms with E-state index in [-0.39, 0.29) is 16.8 Å². The Kier molecular flexibility index (Phi) is 7.45. The maximum Gasteiger partial charge on any atom is 0.180 e. The number of sulfone groups is 1. The zero-order valence-corrected chi connectivity index (χ0v) is 19.9. The van der Waals surface area contributed by atoms with Crippen LogP contribution in [0.1, 0.15) is 70.5 Å². The topological polar surface area (TPSA) is 66.8 Å². The van der Waals surface area contributed by atoms with Gasteiger partial charge in [-0.1, -0.05) is 63.1 Å². The second kappa shape index (κ2) is 9.72. The molecule has 0 saturated heterocycles. The standard InChI is InChI=1S/C25H35NO4S/c1-5-7-15-25(6-2)18-31(28,29)24-17-21(30-19(3)4)13-14-22(24)23(26(25)27)16-20-11-9-8-10-12-20/h8-14,17,19,23,27H,5-7,15-16,18H2,1-4H3/t23-,25-/m1/s1. The highest BCUT2D eigenvalue weighted by Gasteiger charge is 2.47. The maximum absolute atomic E-state index is 13.6. The van der Waals surface area contributed by atoms with Crippen molar-refractivity contribution in [2.24, 2.45) is 0 Å². The molecule has 0 unspecified atom stereocenters. The third-order valence-electron chi connectivity index (χ3n) is 6.22. The first kappa shape index (κ1) is 23.8. The van der Waals surface area contributed by atoms with Gasteiger partial charge in [0.15, 0.2) is 9.84 Å². The minimum Gasteiger partial charge on any atom is -0.491 e. The lowest BCUT2D eigenvalue weighted by Crippen LogP contribution is -2.51. The zero-order chi connectivity index (χ0) is 22.6. The van der Waals surface area contributed by atoms with Crippen LogP contribution in [0, 0.1) is 0 Å². The second-order valence-electron chi connectivity index (χ2n) is 8.86. The Hall–Kier alpha value is -1.89. The molecule has 31 heavy (non-hydrogen) atoms. The average Bonchev–Trinajstić information content (AvgIpc) is 2.80. The number of ether oxygens (including phenoxy) is 1. The molecular formula is C25H35NO4S. The Morgan fingerprint density at radius 1 is 1.16 bits per heavy atom. The molecule has 2 aromatic carbocycles. The third-order valence-corrected chi connectivity index (χ3v) is 8.16. The zero-order valence-electron chi connectivity index (χ0n) is 19.0. The first-order valence-corrected chi connectivity index (χ1v) is 12.9. The van der Waals surface area contributed by atoms with Gasteiger partial charge in [0.25, 0.3) is 0 Å². The van der Waals surface area contributed by atoms with Gasteiger partial charge in [-0.2, -0.15) is 5.06 Å². The molecule has 2 atom stereocenters. The summed E-state index contributed by atoms with van der Waals surface area (Å²) < 4.78 is 33.0. The van der Waals surface area contributed by atoms with E-state index >= 15 is 0 Å². The quantitative estimate of drug-likeness (QED) is 0.575. The van der Waals surface area contributed by atoms with E-state index in [4.69, 9.17) is 4.74 Å². The van der Waals surface area contributed by atoms with Gasteiger partial charge in [0.1, 0.15) is 5.75 Å². The first-order chi connectivity index (χ1) is 14.7. The van der Waals surface area contributed by atoms with Crippen molar-refractivity contribution < 1.29 is 18.4 Å². The lowest BCUT2D eigenvalue weighted by atomic mass is 9.87. The van der Waals surface area contributed by atoms with Crippen molar-refractivity contribution in [1.29, 1.82) is 0 Å². The Morgan fingerprint density at radius 3 is 2.48 bits per heavy atom. The van der Waals surface area contributed by atoms with E-state index in [0.717, 1.165) is 18.4 Å². The average molecular weight is 446 g/mol. The molecule has 1 aliphatic heterocycles. The summed E-state index contributed by atoms with van der Waals surface area (Å²) in [4.78, 5) is 0.275. The van der Waals surface area contributed by atoms with Crippen LogP contribution in [-0.4, -0.2) is 36.1 Å². The predicted molar refractivity (Wildman–Crippen MR) is 123 cm³/mol. The molecule has 1 N–H and O–H groups in total. The van der Waals surface area contributed by atoms with Gasteiger partial charge in [0.05, 0.1) is 28.3 Å². The Labute approximate surface area is 186 Å². The largest absolute Gasteiger partial charge is 0.491 e. The lowest BCUT2D eigenvalue weighted by molar-refractivity contribution is -0.202. The SMILES string of the molecule is CCCC[C@]1(CC)CS(=O)(=O)c2cc(OC(C)C)ccc2[C@@H](Cc2ccccc2)N1O. The molecular weight excluding hydrogens is 410 g/mol. The summed E-state index contributed by atoms with van der Waals surface area (Å²) in [6.45, 7) is 7.89. The molecule has 3 rings (SSSR count). The smallest absolute Gasteiger partial charge is 0.180 e. The highest BCUT2D eigenvalue weighted by Crippen LogP contribution is 2.43. The number of hydrogen-bond donors (Lipinski definition) is 1. The summed E-state index contributed by atoms with van der Waals surface area (Å²) in [7, 11) is -3.63. The highest BCUT2D eigenvalue weighted by atomic mass is 32.2. The van der Waals surface area contributed by atoms with Crippen LogP contribution in [0.5, 0.6) is 5.75 Å². The van der Waals surface area contributed by atoms with Crippen molar-refractivity contribution in [2.45, 2.75) is 82.4 Å². The third kappa shape index (κ3) is 5.13. The molecule has 170 valence electrons. The van der Waals surface area contributed by atoms with Crippen LogP contribution in [0.25, 0.3) is 0 Å². The second-order valence-corrected chi connectivity index (χ2v) is 10.8. The molecule has 0 aromatic heterocycles. The molecule has 0 fully saturated rings. The van der Waals surface area contributed by atoms with Crippen LogP contribution in [-0.2, 0) is 16.3 Å². The normalized spacial score (nSPS) is 23.4. The van der Waals surface area contributed by atoms with Crippen LogP contribution >= 0.6 is 0 Å². The number of rotatable bonds is 8. The van der Waals surface area contributed by atoms with E-state index < -0.39 is 21.4 Å². The van der Waals surface area contributed by atoms with Crippen LogP contribution in [0.15, 0.2) is 53.4 Å². The van der Waals surface area contributed by atoms with Crippen molar-refractivity contribution in [3.8, 4) is 5.75 Å². The molecule has 0 radical (unpaired) electrons. The summed E-state index contributed by atoms with van der Waals surface area (Å²) in [5.74, 6) is 0.439. The summed E-state index contributed by atoms with van der Waals surface area (Å²) in [6, 6.07) is 14.7. The number of hydrogen-bond acceptors (Lipinski definition) is 5. The van der Waals surface area contributed by atoms with Gasteiger partial charge >= 0.3 is 0 Å². The summed E-state index contributed by atoms with van der Waals surface area (Å²) in [5.41, 5.74) is 0.862. The molecule has 0 aliphatic carbocycles. The maximum atomic E-state index is 13.6. The summed E-state index contributed by atoms with van der Waals surface area (Å²) >= 11 is 0. The van der Waals surface area contributed by atoms with Crippen molar-refractivity contribution in [3.05, 3.63) is 59.7 Å². The fourth-order valence-corrected chi connectivity index (χ4v) is 6.73.